The van der Waals surface area contributed by atoms with E-state index in [-0.39, 0.29) is 6.26 Å². The quantitative estimate of drug-likeness (QED) is 0.530. The van der Waals surface area contributed by atoms with Gasteiger partial charge in [0.2, 0.25) is 6.10 Å². The van der Waals surface area contributed by atoms with Crippen LogP contribution in [0.4, 0.5) is 30.7 Å². The maximum atomic E-state index is 12.5. The molecular formula is C7H7F7O. The van der Waals surface area contributed by atoms with E-state index in [0.29, 0.717) is 0 Å². The van der Waals surface area contributed by atoms with Crippen LogP contribution < -0.4 is 0 Å². The molecule has 0 spiro atoms. The lowest BCUT2D eigenvalue weighted by molar-refractivity contribution is -0.320. The lowest BCUT2D eigenvalue weighted by atomic mass is 10.1. The van der Waals surface area contributed by atoms with E-state index in [9.17, 15) is 30.7 Å². The first-order valence-electron chi connectivity index (χ1n) is 3.59. The van der Waals surface area contributed by atoms with Gasteiger partial charge in [-0.2, -0.15) is 22.0 Å². The van der Waals surface area contributed by atoms with E-state index in [2.05, 4.69) is 11.3 Å². The lowest BCUT2D eigenvalue weighted by Gasteiger charge is -2.28. The van der Waals surface area contributed by atoms with Crippen molar-refractivity contribution in [2.45, 2.75) is 24.4 Å². The highest BCUT2D eigenvalue weighted by Gasteiger charge is 2.65. The van der Waals surface area contributed by atoms with Crippen LogP contribution in [0, 0.1) is 0 Å². The second kappa shape index (κ2) is 4.71. The van der Waals surface area contributed by atoms with E-state index < -0.39 is 31.0 Å². The van der Waals surface area contributed by atoms with Crippen molar-refractivity contribution in [2.24, 2.45) is 0 Å². The highest BCUT2D eigenvalue weighted by Crippen LogP contribution is 2.41. The van der Waals surface area contributed by atoms with Crippen molar-refractivity contribution >= 4 is 0 Å². The minimum Gasteiger partial charge on any atom is -0.489 e. The molecule has 0 saturated heterocycles. The molecule has 90 valence electrons. The number of ether oxygens (including phenoxy) is 1. The van der Waals surface area contributed by atoms with E-state index in [1.807, 2.05) is 0 Å². The Bertz CT molecular complexity index is 212. The SMILES string of the molecule is C=COC(C(F)CF)C(F)(F)C(F)(F)F. The van der Waals surface area contributed by atoms with Crippen molar-refractivity contribution in [2.75, 3.05) is 6.67 Å². The molecular weight excluding hydrogens is 233 g/mol. The predicted molar refractivity (Wildman–Crippen MR) is 36.9 cm³/mol. The van der Waals surface area contributed by atoms with Gasteiger partial charge in [-0.1, -0.05) is 6.58 Å². The first kappa shape index (κ1) is 14.0. The second-order valence-electron chi connectivity index (χ2n) is 2.51. The molecule has 0 heterocycles. The van der Waals surface area contributed by atoms with Gasteiger partial charge in [0, 0.05) is 0 Å². The number of hydrogen-bond acceptors (Lipinski definition) is 1. The maximum Gasteiger partial charge on any atom is 0.457 e. The summed E-state index contributed by atoms with van der Waals surface area (Å²) >= 11 is 0. The summed E-state index contributed by atoms with van der Waals surface area (Å²) in [5.74, 6) is -5.48. The van der Waals surface area contributed by atoms with Crippen LogP contribution in [0.3, 0.4) is 0 Å². The van der Waals surface area contributed by atoms with Crippen LogP contribution in [-0.4, -0.2) is 31.0 Å². The molecule has 0 radical (unpaired) electrons. The monoisotopic (exact) mass is 240 g/mol. The Morgan fingerprint density at radius 1 is 1.20 bits per heavy atom. The van der Waals surface area contributed by atoms with Crippen molar-refractivity contribution < 1.29 is 35.5 Å². The summed E-state index contributed by atoms with van der Waals surface area (Å²) in [6.07, 6.45) is -12.2. The van der Waals surface area contributed by atoms with Gasteiger partial charge in [0.1, 0.15) is 6.67 Å². The van der Waals surface area contributed by atoms with Gasteiger partial charge in [0.15, 0.2) is 6.17 Å². The van der Waals surface area contributed by atoms with Gasteiger partial charge < -0.3 is 4.74 Å². The van der Waals surface area contributed by atoms with Gasteiger partial charge in [-0.25, -0.2) is 8.78 Å². The van der Waals surface area contributed by atoms with Crippen molar-refractivity contribution in [3.8, 4) is 0 Å². The van der Waals surface area contributed by atoms with E-state index in [0.717, 1.165) is 0 Å². The largest absolute Gasteiger partial charge is 0.489 e. The Kier molecular flexibility index (Phi) is 4.42. The maximum absolute atomic E-state index is 12.5. The summed E-state index contributed by atoms with van der Waals surface area (Å²) in [7, 11) is 0. The Morgan fingerprint density at radius 2 is 1.67 bits per heavy atom. The van der Waals surface area contributed by atoms with Crippen LogP contribution in [0.1, 0.15) is 0 Å². The standard InChI is InChI=1S/C7H7F7O/c1-2-15-5(4(9)3-8)6(10,11)7(12,13)14/h2,4-5H,1,3H2. The molecule has 1 nitrogen and oxygen atoms in total. The van der Waals surface area contributed by atoms with Crippen molar-refractivity contribution in [3.63, 3.8) is 0 Å². The summed E-state index contributed by atoms with van der Waals surface area (Å²) < 4.78 is 88.1. The first-order valence-corrected chi connectivity index (χ1v) is 3.59. The fourth-order valence-electron chi connectivity index (χ4n) is 0.744. The molecule has 0 N–H and O–H groups in total. The van der Waals surface area contributed by atoms with E-state index in [1.54, 1.807) is 0 Å². The van der Waals surface area contributed by atoms with E-state index >= 15 is 0 Å². The molecule has 0 amide bonds. The van der Waals surface area contributed by atoms with Crippen LogP contribution in [0.5, 0.6) is 0 Å². The van der Waals surface area contributed by atoms with Gasteiger partial charge in [-0.3, -0.25) is 0 Å². The molecule has 0 aromatic rings. The fourth-order valence-corrected chi connectivity index (χ4v) is 0.744. The number of halogens is 7. The van der Waals surface area contributed by atoms with Crippen LogP contribution in [0.2, 0.25) is 0 Å². The first-order chi connectivity index (χ1) is 6.68. The summed E-state index contributed by atoms with van der Waals surface area (Å²) in [5.41, 5.74) is 0. The molecule has 0 aliphatic heterocycles. The Balaban J connectivity index is 4.97. The zero-order valence-electron chi connectivity index (χ0n) is 7.20. The normalized spacial score (nSPS) is 17.0. The topological polar surface area (TPSA) is 9.23 Å². The van der Waals surface area contributed by atoms with Crippen LogP contribution >= 0.6 is 0 Å². The van der Waals surface area contributed by atoms with Crippen molar-refractivity contribution in [1.29, 1.82) is 0 Å². The van der Waals surface area contributed by atoms with Crippen LogP contribution in [0.15, 0.2) is 12.8 Å². The Morgan fingerprint density at radius 3 is 1.93 bits per heavy atom. The van der Waals surface area contributed by atoms with Crippen molar-refractivity contribution in [1.82, 2.24) is 0 Å². The third-order valence-electron chi connectivity index (χ3n) is 1.45. The third kappa shape index (κ3) is 3.00. The number of hydrogen-bond donors (Lipinski definition) is 0. The molecule has 15 heavy (non-hydrogen) atoms. The molecule has 0 saturated carbocycles. The summed E-state index contributed by atoms with van der Waals surface area (Å²) in [4.78, 5) is 0. The van der Waals surface area contributed by atoms with Gasteiger partial charge in [-0.05, 0) is 0 Å². The Labute approximate surface area is 80.5 Å². The second-order valence-corrected chi connectivity index (χ2v) is 2.51. The number of alkyl halides is 7. The van der Waals surface area contributed by atoms with E-state index in [1.165, 1.54) is 0 Å². The van der Waals surface area contributed by atoms with E-state index in [4.69, 9.17) is 0 Å². The molecule has 0 aromatic heterocycles. The van der Waals surface area contributed by atoms with Crippen LogP contribution in [0.25, 0.3) is 0 Å². The molecule has 2 unspecified atom stereocenters. The van der Waals surface area contributed by atoms with Gasteiger partial charge in [0.05, 0.1) is 6.26 Å². The van der Waals surface area contributed by atoms with Gasteiger partial charge >= 0.3 is 12.1 Å². The number of rotatable bonds is 5. The molecule has 0 fully saturated rings. The van der Waals surface area contributed by atoms with Gasteiger partial charge in [0.25, 0.3) is 0 Å². The average molecular weight is 240 g/mol. The molecule has 8 heteroatoms. The third-order valence-corrected chi connectivity index (χ3v) is 1.45. The molecule has 0 bridgehead atoms. The van der Waals surface area contributed by atoms with Crippen LogP contribution in [-0.2, 0) is 4.74 Å². The molecule has 2 atom stereocenters. The molecule has 0 aliphatic rings. The zero-order chi connectivity index (χ0) is 12.3. The van der Waals surface area contributed by atoms with Crippen molar-refractivity contribution in [3.05, 3.63) is 12.8 Å². The summed E-state index contributed by atoms with van der Waals surface area (Å²) in [6.45, 7) is 0.691. The summed E-state index contributed by atoms with van der Waals surface area (Å²) in [5, 5.41) is 0. The van der Waals surface area contributed by atoms with Gasteiger partial charge in [-0.15, -0.1) is 0 Å². The molecule has 0 rings (SSSR count). The Hall–Kier alpha value is -0.950. The summed E-state index contributed by atoms with van der Waals surface area (Å²) in [6, 6.07) is 0. The predicted octanol–water partition coefficient (Wildman–Crippen LogP) is 3.02. The highest BCUT2D eigenvalue weighted by atomic mass is 19.4. The fraction of sp³-hybridized carbons (Fsp3) is 0.714. The minimum absolute atomic E-state index is 0.201. The average Bonchev–Trinajstić information content (AvgIpc) is 2.10. The minimum atomic E-state index is -6.01. The molecule has 0 aromatic carbocycles. The smallest absolute Gasteiger partial charge is 0.457 e. The highest BCUT2D eigenvalue weighted by molar-refractivity contribution is 4.91. The molecule has 0 aliphatic carbocycles. The lowest BCUT2D eigenvalue weighted by Crippen LogP contribution is -2.52. The zero-order valence-corrected chi connectivity index (χ0v) is 7.20.